The van der Waals surface area contributed by atoms with Gasteiger partial charge in [0, 0.05) is 49.1 Å². The van der Waals surface area contributed by atoms with E-state index in [0.29, 0.717) is 25.1 Å². The highest BCUT2D eigenvalue weighted by Crippen LogP contribution is 2.43. The van der Waals surface area contributed by atoms with Gasteiger partial charge in [-0.1, -0.05) is 29.8 Å². The van der Waals surface area contributed by atoms with E-state index in [1.54, 1.807) is 13.1 Å². The first-order valence-corrected chi connectivity index (χ1v) is 10.8. The van der Waals surface area contributed by atoms with Gasteiger partial charge in [-0.25, -0.2) is 8.78 Å². The Hall–Kier alpha value is -2.64. The van der Waals surface area contributed by atoms with E-state index >= 15 is 4.39 Å². The standard InChI is InChI=1S/C23H21Cl2F2N3O2/c1-3-19(31)30-9-7-23(12-30,20-17(26)5-4-16(24)21(20)25)28-13-10-15-14(18(27)11-13)6-8-29(2)22(15)32/h3-5,10-11,28H,1,6-9,12H2,2H3/t23-/m0/s1. The number of anilines is 1. The monoisotopic (exact) mass is 479 g/mol. The second-order valence-corrected chi connectivity index (χ2v) is 8.89. The van der Waals surface area contributed by atoms with Crippen molar-refractivity contribution in [3.8, 4) is 0 Å². The van der Waals surface area contributed by atoms with Crippen LogP contribution in [0.5, 0.6) is 0 Å². The first-order valence-electron chi connectivity index (χ1n) is 10.1. The lowest BCUT2D eigenvalue weighted by atomic mass is 9.87. The second kappa shape index (κ2) is 8.37. The minimum Gasteiger partial charge on any atom is -0.373 e. The first kappa shape index (κ1) is 22.6. The second-order valence-electron chi connectivity index (χ2n) is 8.10. The number of benzene rings is 2. The molecule has 0 radical (unpaired) electrons. The lowest BCUT2D eigenvalue weighted by molar-refractivity contribution is -0.125. The van der Waals surface area contributed by atoms with Crippen molar-refractivity contribution in [1.29, 1.82) is 0 Å². The van der Waals surface area contributed by atoms with Gasteiger partial charge in [0.25, 0.3) is 5.91 Å². The Labute approximate surface area is 194 Å². The third-order valence-electron chi connectivity index (χ3n) is 6.13. The highest BCUT2D eigenvalue weighted by molar-refractivity contribution is 6.42. The van der Waals surface area contributed by atoms with Crippen molar-refractivity contribution in [3.63, 3.8) is 0 Å². The summed E-state index contributed by atoms with van der Waals surface area (Å²) < 4.78 is 30.0. The maximum atomic E-state index is 15.1. The van der Waals surface area contributed by atoms with Gasteiger partial charge in [0.15, 0.2) is 0 Å². The zero-order valence-electron chi connectivity index (χ0n) is 17.4. The summed E-state index contributed by atoms with van der Waals surface area (Å²) in [5.74, 6) is -1.73. The van der Waals surface area contributed by atoms with Crippen LogP contribution in [0.2, 0.25) is 10.0 Å². The molecule has 1 fully saturated rings. The number of rotatable bonds is 4. The topological polar surface area (TPSA) is 52.7 Å². The molecular formula is C23H21Cl2F2N3O2. The number of hydrogen-bond donors (Lipinski definition) is 1. The molecule has 0 aliphatic carbocycles. The predicted molar refractivity (Wildman–Crippen MR) is 120 cm³/mol. The summed E-state index contributed by atoms with van der Waals surface area (Å²) in [6.45, 7) is 4.30. The van der Waals surface area contributed by atoms with Crippen molar-refractivity contribution < 1.29 is 18.4 Å². The molecule has 0 bridgehead atoms. The number of fused-ring (bicyclic) bond motifs is 1. The van der Waals surface area contributed by atoms with Gasteiger partial charge in [-0.15, -0.1) is 0 Å². The van der Waals surface area contributed by atoms with Gasteiger partial charge in [-0.3, -0.25) is 9.59 Å². The first-order chi connectivity index (χ1) is 15.2. The molecule has 32 heavy (non-hydrogen) atoms. The number of carbonyl (C=O) groups excluding carboxylic acids is 2. The van der Waals surface area contributed by atoms with E-state index in [1.807, 2.05) is 0 Å². The summed E-state index contributed by atoms with van der Waals surface area (Å²) in [6, 6.07) is 5.40. The predicted octanol–water partition coefficient (Wildman–Crippen LogP) is 4.63. The molecule has 2 aliphatic rings. The van der Waals surface area contributed by atoms with Crippen molar-refractivity contribution in [2.45, 2.75) is 18.4 Å². The van der Waals surface area contributed by atoms with Crippen molar-refractivity contribution in [2.75, 3.05) is 32.0 Å². The van der Waals surface area contributed by atoms with Gasteiger partial charge >= 0.3 is 0 Å². The van der Waals surface area contributed by atoms with Crippen LogP contribution in [0.4, 0.5) is 14.5 Å². The van der Waals surface area contributed by atoms with E-state index < -0.39 is 17.2 Å². The normalized spacial score (nSPS) is 20.3. The molecule has 2 heterocycles. The van der Waals surface area contributed by atoms with Crippen LogP contribution < -0.4 is 5.32 Å². The van der Waals surface area contributed by atoms with Gasteiger partial charge in [-0.2, -0.15) is 0 Å². The summed E-state index contributed by atoms with van der Waals surface area (Å²) in [5.41, 5.74) is -0.198. The van der Waals surface area contributed by atoms with Crippen LogP contribution in [0.15, 0.2) is 36.9 Å². The smallest absolute Gasteiger partial charge is 0.254 e. The van der Waals surface area contributed by atoms with Gasteiger partial charge < -0.3 is 15.1 Å². The molecule has 0 aromatic heterocycles. The van der Waals surface area contributed by atoms with Crippen LogP contribution in [0, 0.1) is 11.6 Å². The minimum absolute atomic E-state index is 0.0151. The minimum atomic E-state index is -1.19. The number of carbonyl (C=O) groups is 2. The van der Waals surface area contributed by atoms with Crippen LogP contribution in [0.1, 0.15) is 27.9 Å². The van der Waals surface area contributed by atoms with Gasteiger partial charge in [0.1, 0.15) is 11.6 Å². The van der Waals surface area contributed by atoms with E-state index in [-0.39, 0.29) is 51.6 Å². The largest absolute Gasteiger partial charge is 0.373 e. The maximum Gasteiger partial charge on any atom is 0.254 e. The van der Waals surface area contributed by atoms with E-state index in [0.717, 1.165) is 0 Å². The molecule has 168 valence electrons. The lowest BCUT2D eigenvalue weighted by Gasteiger charge is -2.34. The van der Waals surface area contributed by atoms with E-state index in [2.05, 4.69) is 11.9 Å². The fraction of sp³-hybridized carbons (Fsp3) is 0.304. The van der Waals surface area contributed by atoms with Crippen molar-refractivity contribution in [1.82, 2.24) is 9.80 Å². The maximum absolute atomic E-state index is 15.1. The summed E-state index contributed by atoms with van der Waals surface area (Å²) in [7, 11) is 1.65. The zero-order valence-corrected chi connectivity index (χ0v) is 18.9. The number of likely N-dealkylation sites (tertiary alicyclic amines) is 1. The fourth-order valence-electron chi connectivity index (χ4n) is 4.48. The molecule has 0 saturated carbocycles. The number of likely N-dealkylation sites (N-methyl/N-ethyl adjacent to an activating group) is 1. The van der Waals surface area contributed by atoms with Crippen LogP contribution in [-0.2, 0) is 16.8 Å². The van der Waals surface area contributed by atoms with Crippen LogP contribution >= 0.6 is 23.2 Å². The Morgan fingerprint density at radius 2 is 1.97 bits per heavy atom. The molecular weight excluding hydrogens is 459 g/mol. The molecule has 9 heteroatoms. The van der Waals surface area contributed by atoms with Gasteiger partial charge in [0.05, 0.1) is 15.6 Å². The Kier molecular flexibility index (Phi) is 5.90. The SMILES string of the molecule is C=CC(=O)N1CC[C@@](Nc2cc(F)c3c(c2)C(=O)N(C)CC3)(c2c(F)ccc(Cl)c2Cl)C1. The average molecular weight is 480 g/mol. The molecule has 4 rings (SSSR count). The van der Waals surface area contributed by atoms with Crippen molar-refractivity contribution in [2.24, 2.45) is 0 Å². The number of hydrogen-bond acceptors (Lipinski definition) is 3. The highest BCUT2D eigenvalue weighted by Gasteiger charge is 2.45. The van der Waals surface area contributed by atoms with Crippen LogP contribution in [-0.4, -0.2) is 48.3 Å². The molecule has 1 N–H and O–H groups in total. The van der Waals surface area contributed by atoms with Crippen molar-refractivity contribution >= 4 is 40.7 Å². The van der Waals surface area contributed by atoms with E-state index in [9.17, 15) is 14.0 Å². The zero-order chi connectivity index (χ0) is 23.2. The Balaban J connectivity index is 1.83. The molecule has 1 saturated heterocycles. The third kappa shape index (κ3) is 3.73. The third-order valence-corrected chi connectivity index (χ3v) is 6.94. The number of halogens is 4. The Morgan fingerprint density at radius 1 is 1.22 bits per heavy atom. The quantitative estimate of drug-likeness (QED) is 0.513. The van der Waals surface area contributed by atoms with Crippen molar-refractivity contribution in [3.05, 3.63) is 75.3 Å². The highest BCUT2D eigenvalue weighted by atomic mass is 35.5. The number of nitrogens with zero attached hydrogens (tertiary/aromatic N) is 2. The number of amides is 2. The van der Waals surface area contributed by atoms with Gasteiger partial charge in [-0.05, 0) is 43.2 Å². The molecule has 2 aromatic carbocycles. The fourth-order valence-corrected chi connectivity index (χ4v) is 4.97. The Morgan fingerprint density at radius 3 is 2.69 bits per heavy atom. The molecule has 0 spiro atoms. The lowest BCUT2D eigenvalue weighted by Crippen LogP contribution is -2.41. The summed E-state index contributed by atoms with van der Waals surface area (Å²) in [5, 5.41) is 3.37. The summed E-state index contributed by atoms with van der Waals surface area (Å²) >= 11 is 12.6. The molecule has 1 atom stereocenters. The summed E-state index contributed by atoms with van der Waals surface area (Å²) in [4.78, 5) is 27.9. The molecule has 2 amide bonds. The molecule has 5 nitrogen and oxygen atoms in total. The van der Waals surface area contributed by atoms with Crippen LogP contribution in [0.25, 0.3) is 0 Å². The molecule has 2 aliphatic heterocycles. The van der Waals surface area contributed by atoms with Crippen LogP contribution in [0.3, 0.4) is 0 Å². The molecule has 0 unspecified atom stereocenters. The summed E-state index contributed by atoms with van der Waals surface area (Å²) in [6.07, 6.45) is 1.88. The Bertz CT molecular complexity index is 1140. The van der Waals surface area contributed by atoms with Gasteiger partial charge in [0.2, 0.25) is 5.91 Å². The average Bonchev–Trinajstić information content (AvgIpc) is 3.18. The van der Waals surface area contributed by atoms with E-state index in [1.165, 1.54) is 34.1 Å². The van der Waals surface area contributed by atoms with E-state index in [4.69, 9.17) is 23.2 Å². The number of nitrogens with one attached hydrogen (secondary N) is 1. The molecule has 2 aromatic rings.